The highest BCUT2D eigenvalue weighted by atomic mass is 35.5. The zero-order chi connectivity index (χ0) is 11.7. The number of fused-ring (bicyclic) bond motifs is 1. The molecule has 1 heterocycles. The van der Waals surface area contributed by atoms with Gasteiger partial charge >= 0.3 is 0 Å². The van der Waals surface area contributed by atoms with Crippen LogP contribution in [0.4, 0.5) is 0 Å². The second-order valence-electron chi connectivity index (χ2n) is 3.90. The lowest BCUT2D eigenvalue weighted by Crippen LogP contribution is -2.25. The predicted octanol–water partition coefficient (Wildman–Crippen LogP) is 2.38. The first-order chi connectivity index (χ1) is 7.59. The number of rotatable bonds is 2. The number of benzene rings is 1. The molecule has 16 heavy (non-hydrogen) atoms. The summed E-state index contributed by atoms with van der Waals surface area (Å²) in [5.41, 5.74) is 0.989. The molecule has 0 aliphatic rings. The van der Waals surface area contributed by atoms with E-state index < -0.39 is 0 Å². The summed E-state index contributed by atoms with van der Waals surface area (Å²) < 4.78 is 1.91. The molecule has 0 aliphatic heterocycles. The van der Waals surface area contributed by atoms with Crippen LogP contribution in [0.5, 0.6) is 0 Å². The molecule has 84 valence electrons. The Labute approximate surface area is 99.2 Å². The van der Waals surface area contributed by atoms with Crippen LogP contribution in [-0.4, -0.2) is 29.5 Å². The van der Waals surface area contributed by atoms with E-state index in [1.807, 2.05) is 35.0 Å². The average molecular weight is 237 g/mol. The van der Waals surface area contributed by atoms with Crippen LogP contribution in [0.3, 0.4) is 0 Å². The summed E-state index contributed by atoms with van der Waals surface area (Å²) in [4.78, 5) is 13.2. The highest BCUT2D eigenvalue weighted by Gasteiger charge is 2.08. The van der Waals surface area contributed by atoms with E-state index in [4.69, 9.17) is 11.6 Å². The number of nitrogens with zero attached hydrogens (tertiary/aromatic N) is 2. The van der Waals surface area contributed by atoms with Gasteiger partial charge in [-0.3, -0.25) is 4.79 Å². The minimum atomic E-state index is 0.0671. The molecule has 0 fully saturated rings. The minimum absolute atomic E-state index is 0.0671. The van der Waals surface area contributed by atoms with E-state index in [9.17, 15) is 4.79 Å². The fraction of sp³-hybridized carbons (Fsp3) is 0.250. The Balaban J connectivity index is 2.39. The topological polar surface area (TPSA) is 25.2 Å². The second kappa shape index (κ2) is 4.18. The molecule has 0 unspecified atom stereocenters. The molecule has 3 nitrogen and oxygen atoms in total. The highest BCUT2D eigenvalue weighted by Crippen LogP contribution is 2.24. The van der Waals surface area contributed by atoms with Crippen molar-refractivity contribution in [3.8, 4) is 0 Å². The lowest BCUT2D eigenvalue weighted by molar-refractivity contribution is -0.129. The maximum atomic E-state index is 11.6. The molecule has 0 atom stereocenters. The van der Waals surface area contributed by atoms with Gasteiger partial charge in [0.25, 0.3) is 0 Å². The van der Waals surface area contributed by atoms with Gasteiger partial charge in [-0.1, -0.05) is 17.7 Å². The van der Waals surface area contributed by atoms with E-state index in [0.717, 1.165) is 10.9 Å². The van der Waals surface area contributed by atoms with Crippen LogP contribution < -0.4 is 0 Å². The van der Waals surface area contributed by atoms with Gasteiger partial charge in [0, 0.05) is 36.2 Å². The molecule has 4 heteroatoms. The molecule has 0 spiro atoms. The van der Waals surface area contributed by atoms with Crippen LogP contribution >= 0.6 is 11.6 Å². The van der Waals surface area contributed by atoms with Crippen LogP contribution in [0.15, 0.2) is 30.5 Å². The van der Waals surface area contributed by atoms with Crippen LogP contribution in [0, 0.1) is 0 Å². The summed E-state index contributed by atoms with van der Waals surface area (Å²) in [5, 5.41) is 1.70. The third-order valence-electron chi connectivity index (χ3n) is 2.56. The Bertz CT molecular complexity index is 531. The summed E-state index contributed by atoms with van der Waals surface area (Å²) >= 11 is 6.06. The minimum Gasteiger partial charge on any atom is -0.347 e. The summed E-state index contributed by atoms with van der Waals surface area (Å²) in [6.07, 6.45) is 1.89. The number of carbonyl (C=O) groups is 1. The largest absolute Gasteiger partial charge is 0.347 e. The molecule has 1 amide bonds. The van der Waals surface area contributed by atoms with Crippen molar-refractivity contribution in [3.05, 3.63) is 35.5 Å². The third-order valence-corrected chi connectivity index (χ3v) is 2.89. The first kappa shape index (κ1) is 11.0. The van der Waals surface area contributed by atoms with Gasteiger partial charge in [0.15, 0.2) is 0 Å². The summed E-state index contributed by atoms with van der Waals surface area (Å²) in [6, 6.07) is 7.63. The van der Waals surface area contributed by atoms with E-state index in [1.54, 1.807) is 19.0 Å². The molecule has 0 aliphatic carbocycles. The van der Waals surface area contributed by atoms with Crippen LogP contribution in [0.2, 0.25) is 5.02 Å². The van der Waals surface area contributed by atoms with Crippen molar-refractivity contribution in [2.24, 2.45) is 0 Å². The van der Waals surface area contributed by atoms with Gasteiger partial charge in [0.1, 0.15) is 6.54 Å². The van der Waals surface area contributed by atoms with Gasteiger partial charge in [-0.15, -0.1) is 0 Å². The normalized spacial score (nSPS) is 10.7. The molecule has 1 aromatic heterocycles. The molecule has 0 saturated heterocycles. The highest BCUT2D eigenvalue weighted by molar-refractivity contribution is 6.35. The van der Waals surface area contributed by atoms with Gasteiger partial charge in [0.2, 0.25) is 5.91 Å². The van der Waals surface area contributed by atoms with Crippen LogP contribution in [0.25, 0.3) is 10.9 Å². The van der Waals surface area contributed by atoms with Gasteiger partial charge in [-0.2, -0.15) is 0 Å². The second-order valence-corrected chi connectivity index (χ2v) is 4.31. The number of halogens is 1. The summed E-state index contributed by atoms with van der Waals surface area (Å²) in [6.45, 7) is 0.344. The van der Waals surface area contributed by atoms with Crippen molar-refractivity contribution >= 4 is 28.4 Å². The molecular weight excluding hydrogens is 224 g/mol. The van der Waals surface area contributed by atoms with Crippen LogP contribution in [-0.2, 0) is 11.3 Å². The first-order valence-electron chi connectivity index (χ1n) is 5.03. The quantitative estimate of drug-likeness (QED) is 0.786. The van der Waals surface area contributed by atoms with Gasteiger partial charge in [0.05, 0.1) is 0 Å². The molecule has 1 aromatic carbocycles. The SMILES string of the molecule is CN(C)C(=O)Cn1ccc2c(Cl)cccc21. The van der Waals surface area contributed by atoms with Crippen molar-refractivity contribution in [2.75, 3.05) is 14.1 Å². The maximum Gasteiger partial charge on any atom is 0.241 e. The van der Waals surface area contributed by atoms with Gasteiger partial charge < -0.3 is 9.47 Å². The number of aromatic nitrogens is 1. The van der Waals surface area contributed by atoms with E-state index in [2.05, 4.69) is 0 Å². The van der Waals surface area contributed by atoms with Crippen molar-refractivity contribution in [2.45, 2.75) is 6.54 Å². The lowest BCUT2D eigenvalue weighted by Gasteiger charge is -2.11. The Kier molecular flexibility index (Phi) is 2.88. The zero-order valence-corrected chi connectivity index (χ0v) is 10.0. The summed E-state index contributed by atoms with van der Waals surface area (Å²) in [5.74, 6) is 0.0671. The Morgan fingerprint density at radius 2 is 2.12 bits per heavy atom. The number of likely N-dealkylation sites (N-methyl/N-ethyl adjacent to an activating group) is 1. The van der Waals surface area contributed by atoms with Crippen molar-refractivity contribution in [1.29, 1.82) is 0 Å². The number of hydrogen-bond donors (Lipinski definition) is 0. The standard InChI is InChI=1S/C12H13ClN2O/c1-14(2)12(16)8-15-7-6-9-10(13)4-3-5-11(9)15/h3-7H,8H2,1-2H3. The number of hydrogen-bond acceptors (Lipinski definition) is 1. The Morgan fingerprint density at radius 1 is 1.38 bits per heavy atom. The third kappa shape index (κ3) is 1.91. The van der Waals surface area contributed by atoms with Crippen LogP contribution in [0.1, 0.15) is 0 Å². The molecule has 2 rings (SSSR count). The molecule has 2 aromatic rings. The Morgan fingerprint density at radius 3 is 2.81 bits per heavy atom. The molecule has 0 bridgehead atoms. The molecular formula is C12H13ClN2O. The monoisotopic (exact) mass is 236 g/mol. The predicted molar refractivity (Wildman–Crippen MR) is 65.6 cm³/mol. The van der Waals surface area contributed by atoms with Crippen molar-refractivity contribution < 1.29 is 4.79 Å². The summed E-state index contributed by atoms with van der Waals surface area (Å²) in [7, 11) is 3.50. The maximum absolute atomic E-state index is 11.6. The van der Waals surface area contributed by atoms with Crippen molar-refractivity contribution in [1.82, 2.24) is 9.47 Å². The fourth-order valence-electron chi connectivity index (χ4n) is 1.61. The number of amides is 1. The van der Waals surface area contributed by atoms with E-state index in [1.165, 1.54) is 0 Å². The Hall–Kier alpha value is -1.48. The van der Waals surface area contributed by atoms with E-state index >= 15 is 0 Å². The smallest absolute Gasteiger partial charge is 0.241 e. The van der Waals surface area contributed by atoms with Crippen molar-refractivity contribution in [3.63, 3.8) is 0 Å². The zero-order valence-electron chi connectivity index (χ0n) is 9.27. The fourth-order valence-corrected chi connectivity index (χ4v) is 1.84. The average Bonchev–Trinajstić information content (AvgIpc) is 2.63. The lowest BCUT2D eigenvalue weighted by atomic mass is 10.2. The molecule has 0 radical (unpaired) electrons. The van der Waals surface area contributed by atoms with E-state index in [-0.39, 0.29) is 5.91 Å². The molecule has 0 N–H and O–H groups in total. The first-order valence-corrected chi connectivity index (χ1v) is 5.41. The van der Waals surface area contributed by atoms with Gasteiger partial charge in [-0.25, -0.2) is 0 Å². The van der Waals surface area contributed by atoms with E-state index in [0.29, 0.717) is 11.6 Å². The van der Waals surface area contributed by atoms with Gasteiger partial charge in [-0.05, 0) is 18.2 Å². The number of carbonyl (C=O) groups excluding carboxylic acids is 1. The molecule has 0 saturated carbocycles.